The van der Waals surface area contributed by atoms with Crippen LogP contribution < -0.4 is 9.64 Å². The van der Waals surface area contributed by atoms with Crippen LogP contribution in [0.25, 0.3) is 16.5 Å². The first-order valence-electron chi connectivity index (χ1n) is 15.3. The van der Waals surface area contributed by atoms with Gasteiger partial charge in [0.2, 0.25) is 0 Å². The van der Waals surface area contributed by atoms with E-state index in [1.54, 1.807) is 6.07 Å². The fourth-order valence-electron chi connectivity index (χ4n) is 6.29. The van der Waals surface area contributed by atoms with Crippen molar-refractivity contribution in [2.75, 3.05) is 71.0 Å². The number of ether oxygens (including phenoxy) is 2. The van der Waals surface area contributed by atoms with Gasteiger partial charge in [-0.25, -0.2) is 4.79 Å². The van der Waals surface area contributed by atoms with E-state index in [1.165, 1.54) is 23.8 Å². The normalized spacial score (nSPS) is 16.5. The van der Waals surface area contributed by atoms with Gasteiger partial charge in [0.05, 0.1) is 7.11 Å². The summed E-state index contributed by atoms with van der Waals surface area (Å²) < 4.78 is 11.4. The standard InChI is InChI=1S/C35H39ClN4O4/c1-43-35(42)31-11-10-28(22-34(31)44-33-5-2-4-32-30(33)12-14-37-32)40-19-17-39(18-20-40)24-26-23-38(15-3-21-41)16-13-29(26)25-6-8-27(36)9-7-25/h2,4-12,14,22,37,41H,3,13,15-21,23-24H2,1H3. The molecule has 9 heteroatoms. The van der Waals surface area contributed by atoms with E-state index in [0.29, 0.717) is 17.1 Å². The minimum Gasteiger partial charge on any atom is -0.465 e. The molecule has 2 N–H and O–H groups in total. The molecule has 4 aromatic rings. The Morgan fingerprint density at radius 2 is 1.77 bits per heavy atom. The van der Waals surface area contributed by atoms with E-state index < -0.39 is 5.97 Å². The Bertz CT molecular complexity index is 1630. The maximum absolute atomic E-state index is 12.6. The summed E-state index contributed by atoms with van der Waals surface area (Å²) in [7, 11) is 1.39. The van der Waals surface area contributed by atoms with Gasteiger partial charge < -0.3 is 24.5 Å². The molecule has 1 fully saturated rings. The lowest BCUT2D eigenvalue weighted by atomic mass is 9.92. The van der Waals surface area contributed by atoms with Gasteiger partial charge in [-0.15, -0.1) is 0 Å². The third-order valence-electron chi connectivity index (χ3n) is 8.64. The molecule has 0 amide bonds. The highest BCUT2D eigenvalue weighted by Crippen LogP contribution is 2.35. The molecule has 1 aromatic heterocycles. The van der Waals surface area contributed by atoms with E-state index >= 15 is 0 Å². The van der Waals surface area contributed by atoms with Gasteiger partial charge in [-0.1, -0.05) is 29.8 Å². The van der Waals surface area contributed by atoms with E-state index in [2.05, 4.69) is 31.8 Å². The summed E-state index contributed by atoms with van der Waals surface area (Å²) in [5.41, 5.74) is 6.50. The predicted octanol–water partition coefficient (Wildman–Crippen LogP) is 6.06. The Labute approximate surface area is 263 Å². The van der Waals surface area contributed by atoms with Crippen LogP contribution in [-0.2, 0) is 4.74 Å². The largest absolute Gasteiger partial charge is 0.465 e. The fraction of sp³-hybridized carbons (Fsp3) is 0.343. The quantitative estimate of drug-likeness (QED) is 0.210. The van der Waals surface area contributed by atoms with Gasteiger partial charge in [0.25, 0.3) is 0 Å². The topological polar surface area (TPSA) is 81.3 Å². The lowest BCUT2D eigenvalue weighted by Crippen LogP contribution is -2.48. The Morgan fingerprint density at radius 3 is 2.55 bits per heavy atom. The van der Waals surface area contributed by atoms with Crippen molar-refractivity contribution in [1.29, 1.82) is 0 Å². The first-order valence-corrected chi connectivity index (χ1v) is 15.6. The molecule has 0 radical (unpaired) electrons. The zero-order valence-electron chi connectivity index (χ0n) is 25.1. The molecule has 0 bridgehead atoms. The second-order valence-corrected chi connectivity index (χ2v) is 11.9. The summed E-state index contributed by atoms with van der Waals surface area (Å²) >= 11 is 6.19. The number of benzene rings is 3. The van der Waals surface area contributed by atoms with Crippen LogP contribution in [0, 0.1) is 0 Å². The summed E-state index contributed by atoms with van der Waals surface area (Å²) in [6.45, 7) is 7.53. The highest BCUT2D eigenvalue weighted by Gasteiger charge is 2.25. The van der Waals surface area contributed by atoms with Gasteiger partial charge in [0, 0.05) is 92.8 Å². The number of aliphatic hydroxyl groups is 1. The van der Waals surface area contributed by atoms with Gasteiger partial charge in [-0.05, 0) is 72.0 Å². The SMILES string of the molecule is COC(=O)c1ccc(N2CCN(CC3=C(c4ccc(Cl)cc4)CCN(CCCO)C3)CC2)cc1Oc1cccc2[nH]ccc12. The molecule has 0 atom stereocenters. The van der Waals surface area contributed by atoms with Crippen molar-refractivity contribution in [1.82, 2.24) is 14.8 Å². The number of nitrogens with one attached hydrogen (secondary N) is 1. The molecular formula is C35H39ClN4O4. The van der Waals surface area contributed by atoms with Crippen molar-refractivity contribution >= 4 is 39.7 Å². The molecule has 3 heterocycles. The second kappa shape index (κ2) is 13.9. The van der Waals surface area contributed by atoms with Crippen LogP contribution in [0.15, 0.2) is 78.5 Å². The van der Waals surface area contributed by atoms with Gasteiger partial charge in [-0.3, -0.25) is 9.80 Å². The zero-order chi connectivity index (χ0) is 30.5. The van der Waals surface area contributed by atoms with Gasteiger partial charge in [0.1, 0.15) is 17.1 Å². The number of methoxy groups -OCH3 is 1. The third kappa shape index (κ3) is 6.79. The summed E-state index contributed by atoms with van der Waals surface area (Å²) in [5.74, 6) is 0.734. The van der Waals surface area contributed by atoms with Crippen molar-refractivity contribution in [3.8, 4) is 11.5 Å². The number of carbonyl (C=O) groups is 1. The van der Waals surface area contributed by atoms with Crippen molar-refractivity contribution in [3.63, 3.8) is 0 Å². The zero-order valence-corrected chi connectivity index (χ0v) is 25.9. The number of rotatable bonds is 10. The van der Waals surface area contributed by atoms with Crippen LogP contribution >= 0.6 is 11.6 Å². The van der Waals surface area contributed by atoms with Crippen LogP contribution in [0.3, 0.4) is 0 Å². The average molecular weight is 615 g/mol. The lowest BCUT2D eigenvalue weighted by molar-refractivity contribution is 0.0598. The Kier molecular flexibility index (Phi) is 9.52. The van der Waals surface area contributed by atoms with E-state index in [9.17, 15) is 9.90 Å². The number of piperazine rings is 1. The molecule has 3 aromatic carbocycles. The van der Waals surface area contributed by atoms with E-state index in [0.717, 1.165) is 86.8 Å². The van der Waals surface area contributed by atoms with Gasteiger partial charge >= 0.3 is 5.97 Å². The molecule has 0 unspecified atom stereocenters. The van der Waals surface area contributed by atoms with Gasteiger partial charge in [0.15, 0.2) is 0 Å². The number of H-pyrrole nitrogens is 1. The smallest absolute Gasteiger partial charge is 0.341 e. The van der Waals surface area contributed by atoms with Crippen LogP contribution in [-0.4, -0.2) is 91.9 Å². The van der Waals surface area contributed by atoms with Crippen molar-refractivity contribution in [2.24, 2.45) is 0 Å². The second-order valence-electron chi connectivity index (χ2n) is 11.4. The number of fused-ring (bicyclic) bond motifs is 1. The molecule has 230 valence electrons. The van der Waals surface area contributed by atoms with Crippen LogP contribution in [0.5, 0.6) is 11.5 Å². The number of anilines is 1. The third-order valence-corrected chi connectivity index (χ3v) is 8.89. The maximum atomic E-state index is 12.6. The summed E-state index contributed by atoms with van der Waals surface area (Å²) in [5, 5.41) is 11.1. The van der Waals surface area contributed by atoms with Crippen molar-refractivity contribution in [2.45, 2.75) is 12.8 Å². The van der Waals surface area contributed by atoms with Crippen LogP contribution in [0.2, 0.25) is 5.02 Å². The lowest BCUT2D eigenvalue weighted by Gasteiger charge is -2.39. The molecule has 6 rings (SSSR count). The highest BCUT2D eigenvalue weighted by atomic mass is 35.5. The molecule has 2 aliphatic rings. The molecule has 2 aliphatic heterocycles. The number of nitrogens with zero attached hydrogens (tertiary/aromatic N) is 3. The number of esters is 1. The van der Waals surface area contributed by atoms with E-state index in [1.807, 2.05) is 54.7 Å². The number of hydrogen-bond acceptors (Lipinski definition) is 7. The highest BCUT2D eigenvalue weighted by molar-refractivity contribution is 6.30. The number of carbonyl (C=O) groups excluding carboxylic acids is 1. The molecule has 8 nitrogen and oxygen atoms in total. The van der Waals surface area contributed by atoms with Crippen LogP contribution in [0.1, 0.15) is 28.8 Å². The number of hydrogen-bond donors (Lipinski definition) is 2. The summed E-state index contributed by atoms with van der Waals surface area (Å²) in [6, 6.07) is 21.7. The number of aromatic nitrogens is 1. The Balaban J connectivity index is 1.18. The number of halogens is 1. The van der Waals surface area contributed by atoms with Crippen molar-refractivity contribution < 1.29 is 19.4 Å². The van der Waals surface area contributed by atoms with Crippen molar-refractivity contribution in [3.05, 3.63) is 94.6 Å². The number of aliphatic hydroxyl groups excluding tert-OH is 1. The van der Waals surface area contributed by atoms with Crippen LogP contribution in [0.4, 0.5) is 5.69 Å². The Morgan fingerprint density at radius 1 is 0.955 bits per heavy atom. The maximum Gasteiger partial charge on any atom is 0.341 e. The van der Waals surface area contributed by atoms with Gasteiger partial charge in [-0.2, -0.15) is 0 Å². The minimum absolute atomic E-state index is 0.219. The fourth-order valence-corrected chi connectivity index (χ4v) is 6.42. The first kappa shape index (κ1) is 30.2. The molecule has 44 heavy (non-hydrogen) atoms. The average Bonchev–Trinajstić information content (AvgIpc) is 3.55. The summed E-state index contributed by atoms with van der Waals surface area (Å²) in [4.78, 5) is 23.2. The summed E-state index contributed by atoms with van der Waals surface area (Å²) in [6.07, 6.45) is 3.67. The molecule has 0 aliphatic carbocycles. The van der Waals surface area contributed by atoms with E-state index in [4.69, 9.17) is 21.1 Å². The monoisotopic (exact) mass is 614 g/mol. The minimum atomic E-state index is -0.428. The molecular weight excluding hydrogens is 576 g/mol. The number of aromatic amines is 1. The Hall–Kier alpha value is -3.82. The molecule has 1 saturated heterocycles. The molecule has 0 spiro atoms. The predicted molar refractivity (Wildman–Crippen MR) is 176 cm³/mol. The first-order chi connectivity index (χ1) is 21.5. The molecule has 0 saturated carbocycles. The van der Waals surface area contributed by atoms with E-state index in [-0.39, 0.29) is 6.61 Å².